The van der Waals surface area contributed by atoms with E-state index in [1.165, 1.54) is 17.0 Å². The molecule has 1 fully saturated rings. The van der Waals surface area contributed by atoms with Crippen molar-refractivity contribution < 1.29 is 22.1 Å². The largest absolute Gasteiger partial charge is 0.444 e. The molecule has 1 aromatic rings. The molecule has 0 N–H and O–H groups in total. The van der Waals surface area contributed by atoms with Gasteiger partial charge in [0.2, 0.25) is 0 Å². The minimum atomic E-state index is -3.88. The van der Waals surface area contributed by atoms with Crippen molar-refractivity contribution in [1.29, 1.82) is 0 Å². The van der Waals surface area contributed by atoms with Crippen molar-refractivity contribution in [2.24, 2.45) is 0 Å². The second-order valence-electron chi connectivity index (χ2n) is 6.75. The molecule has 6 nitrogen and oxygen atoms in total. The van der Waals surface area contributed by atoms with Crippen molar-refractivity contribution in [3.8, 4) is 0 Å². The second kappa shape index (κ2) is 7.01. The van der Waals surface area contributed by atoms with Gasteiger partial charge >= 0.3 is 6.09 Å². The molecule has 2 rings (SSSR count). The van der Waals surface area contributed by atoms with Crippen LogP contribution in [0.15, 0.2) is 33.6 Å². The Bertz CT molecular complexity index is 696. The summed E-state index contributed by atoms with van der Waals surface area (Å²) in [4.78, 5) is 13.8. The van der Waals surface area contributed by atoms with Gasteiger partial charge in [0, 0.05) is 11.0 Å². The van der Waals surface area contributed by atoms with Gasteiger partial charge in [0.1, 0.15) is 5.60 Å². The molecule has 0 radical (unpaired) electrons. The van der Waals surface area contributed by atoms with Crippen LogP contribution < -0.4 is 0 Å². The first-order valence-corrected chi connectivity index (χ1v) is 9.88. The molecule has 1 aliphatic rings. The molecule has 1 aromatic carbocycles. The van der Waals surface area contributed by atoms with Gasteiger partial charge in [-0.1, -0.05) is 15.9 Å². The maximum absolute atomic E-state index is 12.4. The SMILES string of the molecule is C[C@@H]1[C@@H](OS(=O)(=O)c2ccc(Br)cc2)CCN1C(=O)OC(C)(C)C. The minimum absolute atomic E-state index is 0.0913. The van der Waals surface area contributed by atoms with E-state index in [-0.39, 0.29) is 10.9 Å². The topological polar surface area (TPSA) is 72.9 Å². The van der Waals surface area contributed by atoms with E-state index in [2.05, 4.69) is 15.9 Å². The van der Waals surface area contributed by atoms with Crippen LogP contribution in [0.4, 0.5) is 4.79 Å². The Hall–Kier alpha value is -1.12. The van der Waals surface area contributed by atoms with Gasteiger partial charge in [-0.25, -0.2) is 4.79 Å². The number of benzene rings is 1. The Morgan fingerprint density at radius 1 is 1.25 bits per heavy atom. The number of carbonyl (C=O) groups excluding carboxylic acids is 1. The quantitative estimate of drug-likeness (QED) is 0.700. The van der Waals surface area contributed by atoms with Crippen molar-refractivity contribution in [2.45, 2.75) is 56.8 Å². The molecule has 0 aromatic heterocycles. The van der Waals surface area contributed by atoms with Crippen LogP contribution in [0.1, 0.15) is 34.1 Å². The van der Waals surface area contributed by atoms with Crippen molar-refractivity contribution in [1.82, 2.24) is 4.90 Å². The molecule has 1 saturated heterocycles. The minimum Gasteiger partial charge on any atom is -0.444 e. The Kier molecular flexibility index (Phi) is 5.61. The van der Waals surface area contributed by atoms with Crippen LogP contribution in [0.2, 0.25) is 0 Å². The lowest BCUT2D eigenvalue weighted by atomic mass is 10.2. The lowest BCUT2D eigenvalue weighted by Crippen LogP contribution is -2.41. The summed E-state index contributed by atoms with van der Waals surface area (Å²) in [6.07, 6.45) is -0.607. The highest BCUT2D eigenvalue weighted by Gasteiger charge is 2.39. The molecule has 0 unspecified atom stereocenters. The second-order valence-corrected chi connectivity index (χ2v) is 9.23. The molecule has 2 atom stereocenters. The Morgan fingerprint density at radius 2 is 1.83 bits per heavy atom. The summed E-state index contributed by atoms with van der Waals surface area (Å²) in [6, 6.07) is 5.85. The molecule has 134 valence electrons. The summed E-state index contributed by atoms with van der Waals surface area (Å²) < 4.78 is 36.2. The number of hydrogen-bond donors (Lipinski definition) is 0. The third-order valence-electron chi connectivity index (χ3n) is 3.66. The van der Waals surface area contributed by atoms with Crippen molar-refractivity contribution in [2.75, 3.05) is 6.54 Å². The molecule has 0 spiro atoms. The average Bonchev–Trinajstić information content (AvgIpc) is 2.78. The summed E-state index contributed by atoms with van der Waals surface area (Å²) in [5, 5.41) is 0. The van der Waals surface area contributed by atoms with E-state index < -0.39 is 27.9 Å². The molecule has 0 aliphatic carbocycles. The van der Waals surface area contributed by atoms with E-state index in [0.717, 1.165) is 4.47 Å². The first-order valence-electron chi connectivity index (χ1n) is 7.68. The Labute approximate surface area is 151 Å². The van der Waals surface area contributed by atoms with Crippen LogP contribution in [0.3, 0.4) is 0 Å². The fourth-order valence-corrected chi connectivity index (χ4v) is 3.87. The van der Waals surface area contributed by atoms with Crippen LogP contribution in [-0.2, 0) is 19.0 Å². The standard InChI is InChI=1S/C16H22BrNO5S/c1-11-14(9-10-18(11)15(19)22-16(2,3)4)23-24(20,21)13-7-5-12(17)6-8-13/h5-8,11,14H,9-10H2,1-4H3/t11-,14+/m1/s1. The number of nitrogens with zero attached hydrogens (tertiary/aromatic N) is 1. The molecular formula is C16H22BrNO5S. The number of likely N-dealkylation sites (tertiary alicyclic amines) is 1. The lowest BCUT2D eigenvalue weighted by molar-refractivity contribution is 0.0194. The van der Waals surface area contributed by atoms with Crippen molar-refractivity contribution >= 4 is 32.1 Å². The Balaban J connectivity index is 2.06. The number of ether oxygens (including phenoxy) is 1. The molecule has 1 amide bonds. The van der Waals surface area contributed by atoms with Crippen LogP contribution in [-0.4, -0.2) is 43.7 Å². The highest BCUT2D eigenvalue weighted by Crippen LogP contribution is 2.27. The zero-order valence-corrected chi connectivity index (χ0v) is 16.6. The van der Waals surface area contributed by atoms with E-state index in [1.807, 2.05) is 0 Å². The highest BCUT2D eigenvalue weighted by molar-refractivity contribution is 9.10. The predicted octanol–water partition coefficient (Wildman–Crippen LogP) is 3.55. The maximum atomic E-state index is 12.4. The number of hydrogen-bond acceptors (Lipinski definition) is 5. The highest BCUT2D eigenvalue weighted by atomic mass is 79.9. The van der Waals surface area contributed by atoms with Crippen molar-refractivity contribution in [3.63, 3.8) is 0 Å². The van der Waals surface area contributed by atoms with Gasteiger partial charge in [-0.3, -0.25) is 4.18 Å². The monoisotopic (exact) mass is 419 g/mol. The molecule has 0 bridgehead atoms. The van der Waals surface area contributed by atoms with Crippen LogP contribution in [0.5, 0.6) is 0 Å². The zero-order chi connectivity index (χ0) is 18.1. The van der Waals surface area contributed by atoms with E-state index in [4.69, 9.17) is 8.92 Å². The fraction of sp³-hybridized carbons (Fsp3) is 0.562. The number of halogens is 1. The van der Waals surface area contributed by atoms with Gasteiger partial charge in [-0.2, -0.15) is 8.42 Å². The van der Waals surface area contributed by atoms with Gasteiger partial charge in [-0.05, 0) is 58.4 Å². The van der Waals surface area contributed by atoms with Gasteiger partial charge < -0.3 is 9.64 Å². The van der Waals surface area contributed by atoms with Crippen LogP contribution >= 0.6 is 15.9 Å². The molecule has 0 saturated carbocycles. The maximum Gasteiger partial charge on any atom is 0.410 e. The van der Waals surface area contributed by atoms with Crippen LogP contribution in [0, 0.1) is 0 Å². The fourth-order valence-electron chi connectivity index (χ4n) is 2.44. The van der Waals surface area contributed by atoms with E-state index in [0.29, 0.717) is 13.0 Å². The molecule has 1 heterocycles. The third-order valence-corrected chi connectivity index (χ3v) is 5.54. The summed E-state index contributed by atoms with van der Waals surface area (Å²) in [6.45, 7) is 7.53. The predicted molar refractivity (Wildman–Crippen MR) is 93.2 cm³/mol. The summed E-state index contributed by atoms with van der Waals surface area (Å²) >= 11 is 3.26. The summed E-state index contributed by atoms with van der Waals surface area (Å²) in [7, 11) is -3.88. The molecule has 24 heavy (non-hydrogen) atoms. The number of rotatable bonds is 3. The van der Waals surface area contributed by atoms with Crippen molar-refractivity contribution in [3.05, 3.63) is 28.7 Å². The van der Waals surface area contributed by atoms with Crippen LogP contribution in [0.25, 0.3) is 0 Å². The van der Waals surface area contributed by atoms with Gasteiger partial charge in [-0.15, -0.1) is 0 Å². The first-order chi connectivity index (χ1) is 11.0. The average molecular weight is 420 g/mol. The summed E-state index contributed by atoms with van der Waals surface area (Å²) in [5.41, 5.74) is -0.598. The zero-order valence-electron chi connectivity index (χ0n) is 14.2. The summed E-state index contributed by atoms with van der Waals surface area (Å²) in [5.74, 6) is 0. The number of amides is 1. The molecule has 1 aliphatic heterocycles. The number of carbonyl (C=O) groups is 1. The smallest absolute Gasteiger partial charge is 0.410 e. The first kappa shape index (κ1) is 19.2. The van der Waals surface area contributed by atoms with Gasteiger partial charge in [0.15, 0.2) is 0 Å². The van der Waals surface area contributed by atoms with E-state index in [9.17, 15) is 13.2 Å². The Morgan fingerprint density at radius 3 is 2.38 bits per heavy atom. The lowest BCUT2D eigenvalue weighted by Gasteiger charge is -2.28. The van der Waals surface area contributed by atoms with Gasteiger partial charge in [0.25, 0.3) is 10.1 Å². The normalized spacial score (nSPS) is 21.8. The molecular weight excluding hydrogens is 398 g/mol. The van der Waals surface area contributed by atoms with E-state index >= 15 is 0 Å². The molecule has 8 heteroatoms. The van der Waals surface area contributed by atoms with E-state index in [1.54, 1.807) is 39.8 Å². The van der Waals surface area contributed by atoms with Gasteiger partial charge in [0.05, 0.1) is 17.0 Å². The third kappa shape index (κ3) is 4.70.